The molecule has 4 rings (SSSR count). The number of aryl methyl sites for hydroxylation is 1. The lowest BCUT2D eigenvalue weighted by Gasteiger charge is -2.09. The molecule has 2 aromatic heterocycles. The number of guanidine groups is 1. The van der Waals surface area contributed by atoms with Crippen LogP contribution < -0.4 is 11.5 Å². The molecule has 7 nitrogen and oxygen atoms in total. The maximum Gasteiger partial charge on any atom is 0.219 e. The molecule has 0 saturated carbocycles. The number of hydrogen-bond donors (Lipinski definition) is 3. The summed E-state index contributed by atoms with van der Waals surface area (Å²) in [5.41, 5.74) is 14.9. The van der Waals surface area contributed by atoms with E-state index in [0.717, 1.165) is 35.2 Å². The lowest BCUT2D eigenvalue weighted by molar-refractivity contribution is 0.435. The predicted octanol–water partition coefficient (Wildman–Crippen LogP) is 3.97. The Labute approximate surface area is 181 Å². The third kappa shape index (κ3) is 4.17. The number of hydrogen-bond acceptors (Lipinski definition) is 4. The molecule has 0 fully saturated rings. The van der Waals surface area contributed by atoms with E-state index in [1.54, 1.807) is 4.40 Å². The summed E-state index contributed by atoms with van der Waals surface area (Å²) in [5, 5.41) is 13.2. The van der Waals surface area contributed by atoms with Crippen molar-refractivity contribution in [1.82, 2.24) is 14.4 Å². The fraction of sp³-hybridized carbons (Fsp3) is 0.292. The molecule has 0 radical (unpaired) electrons. The molecule has 0 aliphatic rings. The molecule has 160 valence electrons. The molecule has 4 aromatic rings. The van der Waals surface area contributed by atoms with Crippen LogP contribution in [0.5, 0.6) is 5.88 Å². The topological polar surface area (TPSA) is 115 Å². The first kappa shape index (κ1) is 20.7. The van der Waals surface area contributed by atoms with Crippen molar-refractivity contribution in [1.29, 1.82) is 0 Å². The van der Waals surface area contributed by atoms with Crippen LogP contribution in [0.15, 0.2) is 53.7 Å². The number of aliphatic imine (C=N–C) groups is 1. The van der Waals surface area contributed by atoms with E-state index in [0.29, 0.717) is 24.3 Å². The van der Waals surface area contributed by atoms with Gasteiger partial charge in [0.05, 0.1) is 11.4 Å². The highest BCUT2D eigenvalue weighted by molar-refractivity contribution is 5.86. The van der Waals surface area contributed by atoms with Crippen LogP contribution in [0.25, 0.3) is 27.7 Å². The van der Waals surface area contributed by atoms with Crippen LogP contribution in [0.4, 0.5) is 0 Å². The van der Waals surface area contributed by atoms with Crippen LogP contribution in [0.1, 0.15) is 44.0 Å². The van der Waals surface area contributed by atoms with E-state index in [2.05, 4.69) is 49.2 Å². The lowest BCUT2D eigenvalue weighted by Crippen LogP contribution is -2.23. The molecule has 1 unspecified atom stereocenters. The minimum absolute atomic E-state index is 0.0838. The molecular weight excluding hydrogens is 388 g/mol. The van der Waals surface area contributed by atoms with Crippen molar-refractivity contribution < 1.29 is 5.11 Å². The average Bonchev–Trinajstić information content (AvgIpc) is 3.12. The van der Waals surface area contributed by atoms with Crippen LogP contribution in [0.2, 0.25) is 0 Å². The minimum Gasteiger partial charge on any atom is -0.493 e. The molecule has 2 heterocycles. The zero-order valence-corrected chi connectivity index (χ0v) is 17.9. The van der Waals surface area contributed by atoms with Crippen LogP contribution in [-0.4, -0.2) is 32.0 Å². The summed E-state index contributed by atoms with van der Waals surface area (Å²) in [6.45, 7) is 4.67. The standard InChI is InChI=1S/C24H28N6O/c1-3-15(2)21-23(31)30-14-20(18-11-10-16-7-4-5-8-17(16)13-18)28-19(22(30)29-21)9-6-12-27-24(25)26/h4-5,7-8,10-11,13-15,31H,3,6,9,12H2,1-2H3,(H4,25,26,27). The Hall–Kier alpha value is -3.61. The molecule has 2 aromatic carbocycles. The van der Waals surface area contributed by atoms with Gasteiger partial charge in [-0.15, -0.1) is 0 Å². The van der Waals surface area contributed by atoms with Crippen LogP contribution in [0, 0.1) is 0 Å². The second-order valence-corrected chi connectivity index (χ2v) is 7.87. The van der Waals surface area contributed by atoms with Crippen LogP contribution in [-0.2, 0) is 6.42 Å². The molecule has 0 bridgehead atoms. The molecule has 0 saturated heterocycles. The molecule has 7 heteroatoms. The Bertz CT molecular complexity index is 1260. The predicted molar refractivity (Wildman–Crippen MR) is 125 cm³/mol. The van der Waals surface area contributed by atoms with Crippen molar-refractivity contribution in [2.24, 2.45) is 16.5 Å². The Morgan fingerprint density at radius 3 is 2.65 bits per heavy atom. The van der Waals surface area contributed by atoms with Gasteiger partial charge in [0.2, 0.25) is 5.88 Å². The summed E-state index contributed by atoms with van der Waals surface area (Å²) in [4.78, 5) is 13.7. The highest BCUT2D eigenvalue weighted by Gasteiger charge is 2.20. The number of aromatic nitrogens is 3. The average molecular weight is 417 g/mol. The van der Waals surface area contributed by atoms with E-state index >= 15 is 0 Å². The largest absolute Gasteiger partial charge is 0.493 e. The summed E-state index contributed by atoms with van der Waals surface area (Å²) >= 11 is 0. The van der Waals surface area contributed by atoms with E-state index in [4.69, 9.17) is 21.4 Å². The van der Waals surface area contributed by atoms with Crippen molar-refractivity contribution in [3.05, 3.63) is 60.0 Å². The van der Waals surface area contributed by atoms with Gasteiger partial charge in [0.25, 0.3) is 0 Å². The Morgan fingerprint density at radius 2 is 1.90 bits per heavy atom. The van der Waals surface area contributed by atoms with E-state index in [1.165, 1.54) is 5.39 Å². The second kappa shape index (κ2) is 8.63. The Morgan fingerprint density at radius 1 is 1.13 bits per heavy atom. The van der Waals surface area contributed by atoms with Crippen LogP contribution >= 0.6 is 0 Å². The highest BCUT2D eigenvalue weighted by atomic mass is 16.3. The number of aromatic hydroxyl groups is 1. The summed E-state index contributed by atoms with van der Waals surface area (Å²) < 4.78 is 1.76. The second-order valence-electron chi connectivity index (χ2n) is 7.87. The smallest absolute Gasteiger partial charge is 0.219 e. The van der Waals surface area contributed by atoms with Crippen molar-refractivity contribution >= 4 is 22.4 Å². The lowest BCUT2D eigenvalue weighted by atomic mass is 10.1. The SMILES string of the molecule is CCC(C)c1nc2c(CCCN=C(N)N)nc(-c3ccc4ccccc4c3)cn2c1O. The maximum atomic E-state index is 10.9. The van der Waals surface area contributed by atoms with Gasteiger partial charge in [0, 0.05) is 24.2 Å². The van der Waals surface area contributed by atoms with Gasteiger partial charge in [0.15, 0.2) is 11.6 Å². The zero-order chi connectivity index (χ0) is 22.0. The molecule has 31 heavy (non-hydrogen) atoms. The van der Waals surface area contributed by atoms with Crippen molar-refractivity contribution in [2.45, 2.75) is 39.0 Å². The Kier molecular flexibility index (Phi) is 5.75. The molecule has 0 aliphatic carbocycles. The monoisotopic (exact) mass is 416 g/mol. The van der Waals surface area contributed by atoms with E-state index in [-0.39, 0.29) is 17.8 Å². The van der Waals surface area contributed by atoms with E-state index in [9.17, 15) is 5.11 Å². The number of nitrogens with zero attached hydrogens (tertiary/aromatic N) is 4. The number of rotatable bonds is 7. The fourth-order valence-electron chi connectivity index (χ4n) is 3.75. The summed E-state index contributed by atoms with van der Waals surface area (Å²) in [6, 6.07) is 14.5. The number of fused-ring (bicyclic) bond motifs is 2. The third-order valence-corrected chi connectivity index (χ3v) is 5.67. The van der Waals surface area contributed by atoms with Gasteiger partial charge in [-0.05, 0) is 36.1 Å². The minimum atomic E-state index is 0.0838. The number of benzene rings is 2. The third-order valence-electron chi connectivity index (χ3n) is 5.67. The number of nitrogens with two attached hydrogens (primary N) is 2. The summed E-state index contributed by atoms with van der Waals surface area (Å²) in [7, 11) is 0. The van der Waals surface area contributed by atoms with Gasteiger partial charge in [-0.3, -0.25) is 9.39 Å². The van der Waals surface area contributed by atoms with Gasteiger partial charge in [0.1, 0.15) is 5.69 Å². The highest BCUT2D eigenvalue weighted by Crippen LogP contribution is 2.32. The van der Waals surface area contributed by atoms with Crippen molar-refractivity contribution in [3.63, 3.8) is 0 Å². The van der Waals surface area contributed by atoms with Crippen molar-refractivity contribution in [3.8, 4) is 17.1 Å². The first-order valence-corrected chi connectivity index (χ1v) is 10.6. The van der Waals surface area contributed by atoms with Crippen LogP contribution in [0.3, 0.4) is 0 Å². The van der Waals surface area contributed by atoms with Gasteiger partial charge >= 0.3 is 0 Å². The quantitative estimate of drug-likeness (QED) is 0.239. The molecule has 0 amide bonds. The maximum absolute atomic E-state index is 10.9. The van der Waals surface area contributed by atoms with Crippen molar-refractivity contribution in [2.75, 3.05) is 6.54 Å². The van der Waals surface area contributed by atoms with Gasteiger partial charge in [-0.2, -0.15) is 0 Å². The fourth-order valence-corrected chi connectivity index (χ4v) is 3.75. The molecule has 1 atom stereocenters. The molecular formula is C24H28N6O. The van der Waals surface area contributed by atoms with Gasteiger partial charge < -0.3 is 16.6 Å². The normalized spacial score (nSPS) is 12.3. The summed E-state index contributed by atoms with van der Waals surface area (Å²) in [5.74, 6) is 0.415. The van der Waals surface area contributed by atoms with E-state index < -0.39 is 0 Å². The zero-order valence-electron chi connectivity index (χ0n) is 17.9. The van der Waals surface area contributed by atoms with Gasteiger partial charge in [-0.1, -0.05) is 50.2 Å². The van der Waals surface area contributed by atoms with Gasteiger partial charge in [-0.25, -0.2) is 9.97 Å². The number of imidazole rings is 1. The molecule has 0 spiro atoms. The summed E-state index contributed by atoms with van der Waals surface area (Å²) in [6.07, 6.45) is 4.14. The first-order valence-electron chi connectivity index (χ1n) is 10.6. The molecule has 5 N–H and O–H groups in total. The Balaban J connectivity index is 1.82. The first-order chi connectivity index (χ1) is 15.0. The molecule has 0 aliphatic heterocycles. The van der Waals surface area contributed by atoms with E-state index in [1.807, 2.05) is 18.3 Å².